The average molecular weight is 124 g/mol. The largest absolute Gasteiger partial charge is 1.00 e. The molecule has 0 aliphatic carbocycles. The van der Waals surface area contributed by atoms with Crippen molar-refractivity contribution in [3.8, 4) is 0 Å². The number of rotatable bonds is 0. The molecule has 0 amide bonds. The molecule has 0 radical (unpaired) electrons. The summed E-state index contributed by atoms with van der Waals surface area (Å²) in [6, 6.07) is 0. The fourth-order valence-electron chi connectivity index (χ4n) is 0. The van der Waals surface area contributed by atoms with Crippen molar-refractivity contribution in [2.45, 2.75) is 0 Å². The Morgan fingerprint density at radius 2 is 1.40 bits per heavy atom. The Morgan fingerprint density at radius 1 is 1.40 bits per heavy atom. The van der Waals surface area contributed by atoms with Crippen LogP contribution in [0.5, 0.6) is 0 Å². The quantitative estimate of drug-likeness (QED) is 0.326. The Hall–Kier alpha value is 1.81. The van der Waals surface area contributed by atoms with Gasteiger partial charge in [0.1, 0.15) is 0 Å². The van der Waals surface area contributed by atoms with Gasteiger partial charge in [-0.15, -0.1) is 0 Å². The fraction of sp³-hybridized carbons (Fsp3) is 0. The molecule has 1 N–H and O–H groups in total. The zero-order valence-electron chi connectivity index (χ0n) is 2.64. The molecule has 0 saturated carbocycles. The van der Waals surface area contributed by atoms with E-state index in [1.807, 2.05) is 0 Å². The van der Waals surface area contributed by atoms with Gasteiger partial charge in [-0.05, 0) is 0 Å². The van der Waals surface area contributed by atoms with Crippen LogP contribution in [0.15, 0.2) is 0 Å². The predicted octanol–water partition coefficient (Wildman–Crippen LogP) is -5.93. The molecule has 26 valence electrons. The molecule has 0 fully saturated rings. The first-order valence-corrected chi connectivity index (χ1v) is 1.43. The van der Waals surface area contributed by atoms with Crippen molar-refractivity contribution < 1.29 is 76.1 Å². The minimum Gasteiger partial charge on any atom is -0.321 e. The Labute approximate surface area is 74.8 Å². The molecule has 5 heavy (non-hydrogen) atoms. The zero-order valence-corrected chi connectivity index (χ0v) is 6.52. The molecule has 0 saturated heterocycles. The van der Waals surface area contributed by atoms with E-state index >= 15 is 0 Å². The minimum absolute atomic E-state index is 0. The van der Waals surface area contributed by atoms with Crippen LogP contribution in [0, 0.1) is 10.8 Å². The molecule has 0 heterocycles. The van der Waals surface area contributed by atoms with E-state index in [1.165, 1.54) is 0 Å². The molecule has 0 aromatic heterocycles. The topological polar surface area (TPSA) is 66.3 Å². The van der Waals surface area contributed by atoms with Crippen LogP contribution < -0.4 is 60.7 Å². The van der Waals surface area contributed by atoms with E-state index in [4.69, 9.17) is 14.0 Å². The van der Waals surface area contributed by atoms with Crippen molar-refractivity contribution >= 4 is 0 Å². The van der Waals surface area contributed by atoms with E-state index in [0.29, 0.717) is 0 Å². The Balaban J connectivity index is 0. The van der Waals surface area contributed by atoms with Crippen LogP contribution in [0.4, 0.5) is 0 Å². The molecular weight excluding hydrogens is 123 g/mol. The summed E-state index contributed by atoms with van der Waals surface area (Å²) >= 11 is 0. The Bertz CT molecular complexity index is 11.6. The molecule has 0 unspecified atom stereocenters. The average Bonchev–Trinajstić information content (AvgIpc) is 0.811. The van der Waals surface area contributed by atoms with Crippen molar-refractivity contribution in [2.75, 3.05) is 0 Å². The van der Waals surface area contributed by atoms with E-state index in [0.717, 1.165) is 0 Å². The third kappa shape index (κ3) is 25.8. The first-order valence-electron chi connectivity index (χ1n) is 0.478. The van der Waals surface area contributed by atoms with Crippen LogP contribution in [-0.2, 0) is 0 Å². The fourth-order valence-corrected chi connectivity index (χ4v) is 0. The van der Waals surface area contributed by atoms with Crippen LogP contribution in [-0.4, -0.2) is 4.66 Å². The van der Waals surface area contributed by atoms with Gasteiger partial charge in [-0.25, -0.2) is 0 Å². The summed E-state index contributed by atoms with van der Waals surface area (Å²) in [6.07, 6.45) is 0. The van der Waals surface area contributed by atoms with Gasteiger partial charge in [0.2, 0.25) is 0 Å². The summed E-state index contributed by atoms with van der Waals surface area (Å²) < 4.78 is 24.0. The van der Waals surface area contributed by atoms with E-state index in [-0.39, 0.29) is 51.4 Å². The van der Waals surface area contributed by atoms with Crippen LogP contribution >= 0.6 is 0 Å². The second kappa shape index (κ2) is 5.81. The maximum Gasteiger partial charge on any atom is 1.00 e. The number of hydrogen-bond donors (Lipinski definition) is 1. The summed E-state index contributed by atoms with van der Waals surface area (Å²) in [6.45, 7) is 0. The standard InChI is InChI=1S/ClHO3.K/c2-1(3)4;/h2H;/q;+1. The Morgan fingerprint density at radius 3 is 1.40 bits per heavy atom. The second-order valence-corrected chi connectivity index (χ2v) is 0.603. The van der Waals surface area contributed by atoms with Crippen LogP contribution in [0.2, 0.25) is 0 Å². The minimum atomic E-state index is -2.60. The van der Waals surface area contributed by atoms with Gasteiger partial charge in [-0.3, -0.25) is 0 Å². The summed E-state index contributed by atoms with van der Waals surface area (Å²) in [5.41, 5.74) is 0. The monoisotopic (exact) mass is 123 g/mol. The normalized spacial score (nSPS) is 7.20. The van der Waals surface area contributed by atoms with E-state index in [2.05, 4.69) is 0 Å². The first-order chi connectivity index (χ1) is 1.73. The van der Waals surface area contributed by atoms with Gasteiger partial charge in [0.15, 0.2) is 0 Å². The number of hydrogen-bond acceptors (Lipinski definition) is 3. The van der Waals surface area contributed by atoms with Gasteiger partial charge in [0.05, 0.1) is 0 Å². The number of halogens is 1. The van der Waals surface area contributed by atoms with E-state index < -0.39 is 10.8 Å². The van der Waals surface area contributed by atoms with Crippen LogP contribution in [0.1, 0.15) is 0 Å². The second-order valence-electron chi connectivity index (χ2n) is 0.201. The van der Waals surface area contributed by atoms with Gasteiger partial charge >= 0.3 is 51.4 Å². The van der Waals surface area contributed by atoms with Crippen LogP contribution in [0.3, 0.4) is 0 Å². The molecule has 0 atom stereocenters. The van der Waals surface area contributed by atoms with Crippen molar-refractivity contribution in [3.05, 3.63) is 0 Å². The molecule has 0 aromatic carbocycles. The van der Waals surface area contributed by atoms with Gasteiger partial charge < -0.3 is 9.32 Å². The summed E-state index contributed by atoms with van der Waals surface area (Å²) in [7, 11) is -2.60. The van der Waals surface area contributed by atoms with Gasteiger partial charge in [-0.2, -0.15) is 0 Å². The van der Waals surface area contributed by atoms with E-state index in [9.17, 15) is 0 Å². The van der Waals surface area contributed by atoms with Crippen molar-refractivity contribution in [3.63, 3.8) is 0 Å². The maximum atomic E-state index is 8.52. The molecular formula is HClKO3+. The molecule has 0 aliphatic heterocycles. The molecule has 0 aromatic rings. The van der Waals surface area contributed by atoms with Gasteiger partial charge in [0, 0.05) is 4.66 Å². The van der Waals surface area contributed by atoms with Crippen molar-refractivity contribution in [1.29, 1.82) is 0 Å². The molecule has 3 nitrogen and oxygen atoms in total. The molecule has 0 aliphatic rings. The smallest absolute Gasteiger partial charge is 0.321 e. The summed E-state index contributed by atoms with van der Waals surface area (Å²) in [5, 5.41) is 0. The van der Waals surface area contributed by atoms with Crippen molar-refractivity contribution in [2.24, 2.45) is 0 Å². The predicted molar refractivity (Wildman–Crippen MR) is 2.22 cm³/mol. The zero-order chi connectivity index (χ0) is 3.58. The summed E-state index contributed by atoms with van der Waals surface area (Å²) in [4.78, 5) is 0. The molecule has 0 bridgehead atoms. The molecule has 5 heteroatoms. The summed E-state index contributed by atoms with van der Waals surface area (Å²) in [5.74, 6) is 0. The van der Waals surface area contributed by atoms with E-state index in [1.54, 1.807) is 0 Å². The van der Waals surface area contributed by atoms with Crippen LogP contribution in [0.25, 0.3) is 0 Å². The first kappa shape index (κ1) is 9.93. The maximum absolute atomic E-state index is 8.52. The van der Waals surface area contributed by atoms with Crippen molar-refractivity contribution in [1.82, 2.24) is 0 Å². The molecule has 0 spiro atoms. The third-order valence-corrected chi connectivity index (χ3v) is 0. The molecule has 0 rings (SSSR count). The SMILES string of the molecule is [K+].[O-][Cl+2]([O-])O. The third-order valence-electron chi connectivity index (χ3n) is 0. The Kier molecular flexibility index (Phi) is 11.5. The van der Waals surface area contributed by atoms with Gasteiger partial charge in [0.25, 0.3) is 10.8 Å². The van der Waals surface area contributed by atoms with Gasteiger partial charge in [-0.1, -0.05) is 0 Å².